The molecule has 0 aliphatic carbocycles. The summed E-state index contributed by atoms with van der Waals surface area (Å²) in [6, 6.07) is 10.6. The van der Waals surface area contributed by atoms with Gasteiger partial charge in [0, 0.05) is 9.90 Å². The minimum absolute atomic E-state index is 0.221. The number of nitrogens with two attached hydrogens (primary N) is 1. The van der Waals surface area contributed by atoms with E-state index < -0.39 is 0 Å². The SMILES string of the molecule is NC(=[NH+]OC(=O)Cc1cccs1)c1ccc(Cl)cc1. The number of nitrogens with one attached hydrogen (secondary N) is 1. The lowest BCUT2D eigenvalue weighted by Crippen LogP contribution is -2.75. The number of nitrogen functional groups attached to an aromatic ring is 1. The van der Waals surface area contributed by atoms with Gasteiger partial charge >= 0.3 is 11.8 Å². The van der Waals surface area contributed by atoms with Crippen LogP contribution in [0.15, 0.2) is 41.8 Å². The van der Waals surface area contributed by atoms with E-state index >= 15 is 0 Å². The summed E-state index contributed by atoms with van der Waals surface area (Å²) >= 11 is 7.27. The first kappa shape index (κ1) is 13.6. The molecule has 0 unspecified atom stereocenters. The highest BCUT2D eigenvalue weighted by Crippen LogP contribution is 2.09. The highest BCUT2D eigenvalue weighted by Gasteiger charge is 2.09. The van der Waals surface area contributed by atoms with E-state index in [-0.39, 0.29) is 18.2 Å². The number of amidine groups is 1. The number of rotatable bonds is 4. The zero-order valence-corrected chi connectivity index (χ0v) is 11.5. The van der Waals surface area contributed by atoms with E-state index in [9.17, 15) is 4.79 Å². The number of benzene rings is 1. The minimum atomic E-state index is -0.389. The third kappa shape index (κ3) is 4.08. The average Bonchev–Trinajstić information content (AvgIpc) is 2.89. The summed E-state index contributed by atoms with van der Waals surface area (Å²) in [5.41, 5.74) is 6.46. The predicted octanol–water partition coefficient (Wildman–Crippen LogP) is 0.888. The van der Waals surface area contributed by atoms with Crippen LogP contribution >= 0.6 is 22.9 Å². The first-order valence-corrected chi connectivity index (χ1v) is 6.77. The van der Waals surface area contributed by atoms with Gasteiger partial charge in [0.05, 0.1) is 12.0 Å². The molecule has 0 spiro atoms. The number of thiophene rings is 1. The number of carbonyl (C=O) groups is 1. The molecule has 0 saturated heterocycles. The molecule has 0 amide bonds. The Labute approximate surface area is 119 Å². The smallest absolute Gasteiger partial charge is 0.284 e. The molecule has 0 aliphatic rings. The van der Waals surface area contributed by atoms with E-state index in [0.29, 0.717) is 10.6 Å². The normalized spacial score (nSPS) is 11.3. The summed E-state index contributed by atoms with van der Waals surface area (Å²) in [6.07, 6.45) is 0.221. The molecule has 19 heavy (non-hydrogen) atoms. The van der Waals surface area contributed by atoms with Crippen LogP contribution in [0.25, 0.3) is 0 Å². The second-order valence-corrected chi connectivity index (χ2v) is 5.22. The number of halogens is 1. The van der Waals surface area contributed by atoms with Gasteiger partial charge in [-0.3, -0.25) is 10.6 Å². The van der Waals surface area contributed by atoms with Gasteiger partial charge in [0.25, 0.3) is 0 Å². The maximum Gasteiger partial charge on any atom is 0.362 e. The molecule has 1 aromatic carbocycles. The van der Waals surface area contributed by atoms with Crippen LogP contribution in [0.2, 0.25) is 5.02 Å². The fraction of sp³-hybridized carbons (Fsp3) is 0.0769. The maximum atomic E-state index is 11.5. The van der Waals surface area contributed by atoms with E-state index in [2.05, 4.69) is 5.16 Å². The summed E-state index contributed by atoms with van der Waals surface area (Å²) in [4.78, 5) is 17.4. The van der Waals surface area contributed by atoms with Crippen LogP contribution in [-0.2, 0) is 16.1 Å². The Morgan fingerprint density at radius 3 is 2.68 bits per heavy atom. The second-order valence-electron chi connectivity index (χ2n) is 3.75. The summed E-state index contributed by atoms with van der Waals surface area (Å²) < 4.78 is 0. The topological polar surface area (TPSA) is 66.3 Å². The van der Waals surface area contributed by atoms with Crippen molar-refractivity contribution in [2.45, 2.75) is 6.42 Å². The number of carbonyl (C=O) groups excluding carboxylic acids is 1. The van der Waals surface area contributed by atoms with Gasteiger partial charge in [0.15, 0.2) is 0 Å². The van der Waals surface area contributed by atoms with Gasteiger partial charge in [0.2, 0.25) is 0 Å². The summed E-state index contributed by atoms with van der Waals surface area (Å²) in [7, 11) is 0. The van der Waals surface area contributed by atoms with Crippen LogP contribution in [0, 0.1) is 0 Å². The maximum absolute atomic E-state index is 11.5. The van der Waals surface area contributed by atoms with Crippen LogP contribution in [0.5, 0.6) is 0 Å². The van der Waals surface area contributed by atoms with Gasteiger partial charge < -0.3 is 0 Å². The molecule has 6 heteroatoms. The van der Waals surface area contributed by atoms with E-state index in [4.69, 9.17) is 22.2 Å². The van der Waals surface area contributed by atoms with Crippen LogP contribution in [0.4, 0.5) is 0 Å². The van der Waals surface area contributed by atoms with Crippen LogP contribution in [0.1, 0.15) is 10.4 Å². The van der Waals surface area contributed by atoms with Gasteiger partial charge in [-0.05, 0) is 35.7 Å². The van der Waals surface area contributed by atoms with Crippen molar-refractivity contribution in [3.8, 4) is 0 Å². The lowest BCUT2D eigenvalue weighted by Gasteiger charge is -1.97. The molecule has 0 saturated carbocycles. The Morgan fingerprint density at radius 2 is 2.05 bits per heavy atom. The zero-order valence-electron chi connectivity index (χ0n) is 9.93. The lowest BCUT2D eigenvalue weighted by atomic mass is 10.2. The first-order chi connectivity index (χ1) is 9.15. The van der Waals surface area contributed by atoms with E-state index in [1.54, 1.807) is 24.3 Å². The van der Waals surface area contributed by atoms with E-state index in [0.717, 1.165) is 4.88 Å². The first-order valence-electron chi connectivity index (χ1n) is 5.51. The fourth-order valence-corrected chi connectivity index (χ4v) is 2.21. The Morgan fingerprint density at radius 1 is 1.32 bits per heavy atom. The van der Waals surface area contributed by atoms with Crippen molar-refractivity contribution in [2.24, 2.45) is 5.73 Å². The Bertz CT molecular complexity index is 579. The Hall–Kier alpha value is -1.85. The van der Waals surface area contributed by atoms with Crippen molar-refractivity contribution in [1.29, 1.82) is 0 Å². The third-order valence-electron chi connectivity index (χ3n) is 2.33. The van der Waals surface area contributed by atoms with Crippen molar-refractivity contribution >= 4 is 34.7 Å². The van der Waals surface area contributed by atoms with Gasteiger partial charge in [-0.2, -0.15) is 0 Å². The molecule has 1 heterocycles. The standard InChI is InChI=1S/C13H11ClN2O2S/c14-10-5-3-9(4-6-10)13(15)16-18-12(17)8-11-2-1-7-19-11/h1-7H,8H2,(H2,15,16)/p+1. The largest absolute Gasteiger partial charge is 0.362 e. The molecule has 0 atom stereocenters. The summed E-state index contributed by atoms with van der Waals surface area (Å²) in [5, 5.41) is 4.96. The predicted molar refractivity (Wildman–Crippen MR) is 74.8 cm³/mol. The molecular weight excluding hydrogens is 284 g/mol. The third-order valence-corrected chi connectivity index (χ3v) is 3.46. The van der Waals surface area contributed by atoms with Gasteiger partial charge in [-0.1, -0.05) is 22.8 Å². The van der Waals surface area contributed by atoms with Crippen molar-refractivity contribution in [3.63, 3.8) is 0 Å². The number of hydrogen-bond acceptors (Lipinski definition) is 3. The van der Waals surface area contributed by atoms with Crippen molar-refractivity contribution in [3.05, 3.63) is 57.2 Å². The molecule has 3 N–H and O–H groups in total. The molecule has 0 aliphatic heterocycles. The molecule has 2 rings (SSSR count). The van der Waals surface area contributed by atoms with Gasteiger partial charge in [-0.15, -0.1) is 11.3 Å². The average molecular weight is 296 g/mol. The van der Waals surface area contributed by atoms with Crippen LogP contribution < -0.4 is 10.9 Å². The van der Waals surface area contributed by atoms with E-state index in [1.165, 1.54) is 11.3 Å². The van der Waals surface area contributed by atoms with Gasteiger partial charge in [-0.25, -0.2) is 4.79 Å². The summed E-state index contributed by atoms with van der Waals surface area (Å²) in [6.45, 7) is 0. The highest BCUT2D eigenvalue weighted by atomic mass is 35.5. The lowest BCUT2D eigenvalue weighted by molar-refractivity contribution is -0.724. The fourth-order valence-electron chi connectivity index (χ4n) is 1.39. The molecule has 0 fully saturated rings. The van der Waals surface area contributed by atoms with Crippen LogP contribution in [-0.4, -0.2) is 11.8 Å². The van der Waals surface area contributed by atoms with Crippen molar-refractivity contribution < 1.29 is 14.8 Å². The minimum Gasteiger partial charge on any atom is -0.284 e. The molecule has 2 aromatic rings. The quantitative estimate of drug-likeness (QED) is 0.381. The van der Waals surface area contributed by atoms with Crippen molar-refractivity contribution in [1.82, 2.24) is 0 Å². The molecule has 4 nitrogen and oxygen atoms in total. The monoisotopic (exact) mass is 295 g/mol. The Balaban J connectivity index is 1.94. The zero-order chi connectivity index (χ0) is 13.7. The second kappa shape index (κ2) is 6.36. The molecule has 1 aromatic heterocycles. The van der Waals surface area contributed by atoms with Crippen LogP contribution in [0.3, 0.4) is 0 Å². The van der Waals surface area contributed by atoms with E-state index in [1.807, 2.05) is 17.5 Å². The molecule has 0 radical (unpaired) electrons. The highest BCUT2D eigenvalue weighted by molar-refractivity contribution is 7.10. The molecule has 0 bridgehead atoms. The number of hydrogen-bond donors (Lipinski definition) is 2. The van der Waals surface area contributed by atoms with Crippen molar-refractivity contribution in [2.75, 3.05) is 0 Å². The molecule has 98 valence electrons. The summed E-state index contributed by atoms with van der Waals surface area (Å²) in [5.74, 6) is -0.129. The van der Waals surface area contributed by atoms with Gasteiger partial charge in [0.1, 0.15) is 0 Å². The molecular formula is C13H12ClN2O2S+. The Kier molecular flexibility index (Phi) is 4.54.